The van der Waals surface area contributed by atoms with Gasteiger partial charge in [-0.1, -0.05) is 26.7 Å². The number of nitrogens with two attached hydrogens (primary N) is 2. The molecule has 8 nitrogen and oxygen atoms in total. The lowest BCUT2D eigenvalue weighted by Gasteiger charge is -2.27. The third-order valence-corrected chi connectivity index (χ3v) is 6.30. The Labute approximate surface area is 143 Å². The van der Waals surface area contributed by atoms with Crippen molar-refractivity contribution in [3.8, 4) is 0 Å². The van der Waals surface area contributed by atoms with Crippen molar-refractivity contribution in [2.24, 2.45) is 11.5 Å². The van der Waals surface area contributed by atoms with Crippen LogP contribution in [-0.4, -0.2) is 49.6 Å². The highest BCUT2D eigenvalue weighted by Gasteiger charge is 2.45. The Morgan fingerprint density at radius 1 is 1.08 bits per heavy atom. The topological polar surface area (TPSA) is 149 Å². The maximum Gasteiger partial charge on any atom is 0.246 e. The SMILES string of the molecule is CCCC(CCC)S(=O)(=O)C[C@](N)(C(N)=O)C(=O)CCC(=O)NC. The molecule has 9 heteroatoms. The minimum atomic E-state index is -3.79. The van der Waals surface area contributed by atoms with E-state index in [1.165, 1.54) is 7.05 Å². The molecule has 0 aromatic heterocycles. The summed E-state index contributed by atoms with van der Waals surface area (Å²) in [5.74, 6) is -3.27. The zero-order valence-electron chi connectivity index (χ0n) is 14.6. The van der Waals surface area contributed by atoms with Gasteiger partial charge in [-0.25, -0.2) is 8.42 Å². The van der Waals surface area contributed by atoms with Crippen molar-refractivity contribution in [2.45, 2.75) is 63.2 Å². The molecule has 0 heterocycles. The lowest BCUT2D eigenvalue weighted by atomic mass is 9.93. The first kappa shape index (κ1) is 22.5. The number of Topliss-reactive ketones (excluding diaryl/α,β-unsaturated/α-hetero) is 1. The van der Waals surface area contributed by atoms with Crippen LogP contribution in [0.5, 0.6) is 0 Å². The van der Waals surface area contributed by atoms with E-state index in [1.54, 1.807) is 0 Å². The summed E-state index contributed by atoms with van der Waals surface area (Å²) < 4.78 is 25.2. The zero-order valence-corrected chi connectivity index (χ0v) is 15.4. The molecule has 0 spiro atoms. The number of hydrogen-bond donors (Lipinski definition) is 3. The number of hydrogen-bond acceptors (Lipinski definition) is 6. The van der Waals surface area contributed by atoms with E-state index in [0.717, 1.165) is 0 Å². The summed E-state index contributed by atoms with van der Waals surface area (Å²) in [6.45, 7) is 3.72. The number of ketones is 1. The maximum absolute atomic E-state index is 12.6. The van der Waals surface area contributed by atoms with Crippen molar-refractivity contribution in [3.05, 3.63) is 0 Å². The predicted octanol–water partition coefficient (Wildman–Crippen LogP) is -0.352. The van der Waals surface area contributed by atoms with Crippen molar-refractivity contribution < 1.29 is 22.8 Å². The van der Waals surface area contributed by atoms with Crippen molar-refractivity contribution in [2.75, 3.05) is 12.8 Å². The van der Waals surface area contributed by atoms with Gasteiger partial charge in [-0.15, -0.1) is 0 Å². The van der Waals surface area contributed by atoms with Crippen molar-refractivity contribution in [1.29, 1.82) is 0 Å². The third-order valence-electron chi connectivity index (χ3n) is 3.95. The second-order valence-electron chi connectivity index (χ2n) is 5.94. The number of carbonyl (C=O) groups excluding carboxylic acids is 3. The number of rotatable bonds is 12. The molecule has 24 heavy (non-hydrogen) atoms. The Hall–Kier alpha value is -1.48. The van der Waals surface area contributed by atoms with Gasteiger partial charge in [0.15, 0.2) is 21.2 Å². The van der Waals surface area contributed by atoms with Gasteiger partial charge in [0.05, 0.1) is 11.0 Å². The molecule has 2 amide bonds. The molecule has 0 radical (unpaired) electrons. The highest BCUT2D eigenvalue weighted by molar-refractivity contribution is 7.92. The first-order valence-corrected chi connectivity index (χ1v) is 9.80. The molecule has 1 atom stereocenters. The van der Waals surface area contributed by atoms with Crippen LogP contribution in [0, 0.1) is 0 Å². The normalized spacial score (nSPS) is 14.2. The molecule has 5 N–H and O–H groups in total. The molecular weight excluding hydrogens is 334 g/mol. The molecule has 0 aliphatic carbocycles. The first-order valence-electron chi connectivity index (χ1n) is 8.09. The van der Waals surface area contributed by atoms with Gasteiger partial charge in [-0.05, 0) is 12.8 Å². The van der Waals surface area contributed by atoms with Crippen molar-refractivity contribution >= 4 is 27.4 Å². The largest absolute Gasteiger partial charge is 0.368 e. The van der Waals surface area contributed by atoms with Gasteiger partial charge in [-0.2, -0.15) is 0 Å². The Balaban J connectivity index is 5.39. The molecule has 0 aliphatic rings. The summed E-state index contributed by atoms with van der Waals surface area (Å²) >= 11 is 0. The molecule has 140 valence electrons. The minimum absolute atomic E-state index is 0.186. The monoisotopic (exact) mass is 363 g/mol. The van der Waals surface area contributed by atoms with E-state index in [1.807, 2.05) is 13.8 Å². The molecule has 0 aromatic carbocycles. The molecule has 0 aromatic rings. The number of amides is 2. The first-order chi connectivity index (χ1) is 11.0. The van der Waals surface area contributed by atoms with Crippen molar-refractivity contribution in [3.63, 3.8) is 0 Å². The summed E-state index contributed by atoms with van der Waals surface area (Å²) in [7, 11) is -2.38. The quantitative estimate of drug-likeness (QED) is 0.403. The van der Waals surface area contributed by atoms with E-state index in [4.69, 9.17) is 11.5 Å². The van der Waals surface area contributed by atoms with Crippen LogP contribution in [0.1, 0.15) is 52.4 Å². The maximum atomic E-state index is 12.6. The van der Waals surface area contributed by atoms with Gasteiger partial charge in [0.2, 0.25) is 11.8 Å². The van der Waals surface area contributed by atoms with Gasteiger partial charge in [0.25, 0.3) is 0 Å². The van der Waals surface area contributed by atoms with E-state index in [2.05, 4.69) is 5.32 Å². The number of sulfone groups is 1. The zero-order chi connectivity index (χ0) is 19.0. The van der Waals surface area contributed by atoms with Gasteiger partial charge in [0.1, 0.15) is 0 Å². The molecule has 0 saturated heterocycles. The molecule has 0 bridgehead atoms. The van der Waals surface area contributed by atoms with Crippen LogP contribution in [0.15, 0.2) is 0 Å². The van der Waals surface area contributed by atoms with Crippen LogP contribution >= 0.6 is 0 Å². The van der Waals surface area contributed by atoms with Gasteiger partial charge in [0, 0.05) is 19.9 Å². The van der Waals surface area contributed by atoms with Crippen LogP contribution < -0.4 is 16.8 Å². The summed E-state index contributed by atoms with van der Waals surface area (Å²) in [5, 5.41) is 1.67. The van der Waals surface area contributed by atoms with Gasteiger partial charge >= 0.3 is 0 Å². The highest BCUT2D eigenvalue weighted by Crippen LogP contribution is 2.20. The summed E-state index contributed by atoms with van der Waals surface area (Å²) in [6, 6.07) is 0. The Kier molecular flexibility index (Phi) is 9.13. The molecular formula is C15H29N3O5S. The van der Waals surface area contributed by atoms with Gasteiger partial charge in [-0.3, -0.25) is 14.4 Å². The fourth-order valence-corrected chi connectivity index (χ4v) is 4.81. The fourth-order valence-electron chi connectivity index (χ4n) is 2.45. The third kappa shape index (κ3) is 6.20. The van der Waals surface area contributed by atoms with E-state index < -0.39 is 44.0 Å². The molecule has 0 saturated carbocycles. The highest BCUT2D eigenvalue weighted by atomic mass is 32.2. The van der Waals surface area contributed by atoms with Crippen LogP contribution in [0.4, 0.5) is 0 Å². The lowest BCUT2D eigenvalue weighted by Crippen LogP contribution is -2.63. The molecule has 0 rings (SSSR count). The number of carbonyl (C=O) groups is 3. The Morgan fingerprint density at radius 3 is 1.96 bits per heavy atom. The van der Waals surface area contributed by atoms with Gasteiger partial charge < -0.3 is 16.8 Å². The van der Waals surface area contributed by atoms with Crippen LogP contribution in [0.25, 0.3) is 0 Å². The fraction of sp³-hybridized carbons (Fsp3) is 0.800. The Bertz CT molecular complexity index is 555. The smallest absolute Gasteiger partial charge is 0.246 e. The lowest BCUT2D eigenvalue weighted by molar-refractivity contribution is -0.134. The predicted molar refractivity (Wildman–Crippen MR) is 91.8 cm³/mol. The van der Waals surface area contributed by atoms with Crippen LogP contribution in [0.2, 0.25) is 0 Å². The van der Waals surface area contributed by atoms with Crippen molar-refractivity contribution in [1.82, 2.24) is 5.32 Å². The minimum Gasteiger partial charge on any atom is -0.368 e. The van der Waals surface area contributed by atoms with E-state index in [-0.39, 0.29) is 12.8 Å². The number of nitrogens with one attached hydrogen (secondary N) is 1. The Morgan fingerprint density at radius 2 is 1.58 bits per heavy atom. The van der Waals surface area contributed by atoms with E-state index in [0.29, 0.717) is 25.7 Å². The average molecular weight is 363 g/mol. The van der Waals surface area contributed by atoms with E-state index >= 15 is 0 Å². The standard InChI is InChI=1S/C15H29N3O5S/c1-4-6-11(7-5-2)24(22,23)10-15(17,14(16)21)12(19)8-9-13(20)18-3/h11H,4-10,17H2,1-3H3,(H2,16,21)(H,18,20)/t15-/m1/s1. The molecule has 0 fully saturated rings. The van der Waals surface area contributed by atoms with Crippen LogP contribution in [-0.2, 0) is 24.2 Å². The average Bonchev–Trinajstić information content (AvgIpc) is 2.51. The molecule has 0 unspecified atom stereocenters. The number of primary amides is 1. The second kappa shape index (κ2) is 9.73. The second-order valence-corrected chi connectivity index (χ2v) is 8.22. The summed E-state index contributed by atoms with van der Waals surface area (Å²) in [6.07, 6.45) is 1.63. The molecule has 0 aliphatic heterocycles. The van der Waals surface area contributed by atoms with Crippen LogP contribution in [0.3, 0.4) is 0 Å². The summed E-state index contributed by atoms with van der Waals surface area (Å²) in [5.41, 5.74) is 8.70. The summed E-state index contributed by atoms with van der Waals surface area (Å²) in [4.78, 5) is 35.2. The van der Waals surface area contributed by atoms with E-state index in [9.17, 15) is 22.8 Å².